The molecule has 8 nitrogen and oxygen atoms in total. The second kappa shape index (κ2) is 14.0. The quantitative estimate of drug-likeness (QED) is 0.347. The highest BCUT2D eigenvalue weighted by molar-refractivity contribution is 7.89. The number of sulfonamides is 1. The summed E-state index contributed by atoms with van der Waals surface area (Å²) >= 11 is 0. The van der Waals surface area contributed by atoms with Gasteiger partial charge >= 0.3 is 0 Å². The van der Waals surface area contributed by atoms with Gasteiger partial charge in [-0.3, -0.25) is 9.59 Å². The van der Waals surface area contributed by atoms with Gasteiger partial charge in [-0.15, -0.1) is 0 Å². The maximum atomic E-state index is 14.0. The van der Waals surface area contributed by atoms with Crippen LogP contribution in [0.1, 0.15) is 47.1 Å². The predicted molar refractivity (Wildman–Crippen MR) is 164 cm³/mol. The Balaban J connectivity index is 1.66. The van der Waals surface area contributed by atoms with E-state index >= 15 is 0 Å². The van der Waals surface area contributed by atoms with Gasteiger partial charge in [0.15, 0.2) is 0 Å². The zero-order valence-corrected chi connectivity index (χ0v) is 25.7. The number of likely N-dealkylation sites (tertiary alicyclic amines) is 1. The molecule has 1 fully saturated rings. The summed E-state index contributed by atoms with van der Waals surface area (Å²) in [7, 11) is -2.58. The van der Waals surface area contributed by atoms with Gasteiger partial charge in [-0.05, 0) is 80.3 Å². The molecule has 2 atom stereocenters. The van der Waals surface area contributed by atoms with Crippen LogP contribution in [0.5, 0.6) is 5.75 Å². The third-order valence-electron chi connectivity index (χ3n) is 7.93. The molecule has 0 aliphatic carbocycles. The smallest absolute Gasteiger partial charge is 0.245 e. The molecule has 0 unspecified atom stereocenters. The number of methoxy groups -OCH3 is 1. The van der Waals surface area contributed by atoms with Crippen LogP contribution in [0.4, 0.5) is 0 Å². The molecule has 0 bridgehead atoms. The number of ether oxygens (including phenoxy) is 1. The third-order valence-corrected chi connectivity index (χ3v) is 9.69. The van der Waals surface area contributed by atoms with E-state index in [4.69, 9.17) is 4.74 Å². The summed E-state index contributed by atoms with van der Waals surface area (Å²) in [6.45, 7) is 6.55. The fraction of sp³-hybridized carbons (Fsp3) is 0.394. The van der Waals surface area contributed by atoms with Crippen LogP contribution in [0, 0.1) is 20.8 Å². The topological polar surface area (TPSA) is 105 Å². The normalized spacial score (nSPS) is 15.1. The molecule has 224 valence electrons. The van der Waals surface area contributed by atoms with Crippen molar-refractivity contribution in [1.29, 1.82) is 0 Å². The van der Waals surface area contributed by atoms with Crippen LogP contribution in [0.3, 0.4) is 0 Å². The second-order valence-electron chi connectivity index (χ2n) is 11.0. The van der Waals surface area contributed by atoms with Crippen molar-refractivity contribution in [2.24, 2.45) is 0 Å². The van der Waals surface area contributed by atoms with Gasteiger partial charge in [0.1, 0.15) is 17.8 Å². The molecular formula is C33H41N3O5S. The molecule has 9 heteroatoms. The van der Waals surface area contributed by atoms with E-state index in [2.05, 4.69) is 10.0 Å². The molecule has 1 aliphatic heterocycles. The van der Waals surface area contributed by atoms with E-state index < -0.39 is 28.0 Å². The number of nitrogens with zero attached hydrogens (tertiary/aromatic N) is 1. The third kappa shape index (κ3) is 7.57. The van der Waals surface area contributed by atoms with Gasteiger partial charge in [-0.2, -0.15) is 4.72 Å². The first-order valence-corrected chi connectivity index (χ1v) is 15.9. The molecular weight excluding hydrogens is 550 g/mol. The van der Waals surface area contributed by atoms with Crippen molar-refractivity contribution in [2.45, 2.75) is 69.9 Å². The number of hydrogen-bond acceptors (Lipinski definition) is 5. The van der Waals surface area contributed by atoms with Crippen molar-refractivity contribution in [1.82, 2.24) is 14.9 Å². The standard InChI is InChI=1S/C33H41N3O5S/c1-23-20-30(41-4)24(2)25(3)31(23)42(39,40)35-28(21-26-14-8-5-9-15-26)32(37)34-29(22-27-16-10-6-11-17-27)33(38)36-18-12-7-13-19-36/h5-6,8-11,14-17,20,28-29,35H,7,12-13,18-19,21-22H2,1-4H3,(H,34,37)/t28-,29-/m0/s1. The fourth-order valence-electron chi connectivity index (χ4n) is 5.59. The summed E-state index contributed by atoms with van der Waals surface area (Å²) in [5.74, 6) is -0.0949. The monoisotopic (exact) mass is 591 g/mol. The maximum Gasteiger partial charge on any atom is 0.245 e. The van der Waals surface area contributed by atoms with Crippen molar-refractivity contribution in [3.05, 3.63) is 94.5 Å². The minimum atomic E-state index is -4.13. The summed E-state index contributed by atoms with van der Waals surface area (Å²) in [6.07, 6.45) is 3.35. The number of hydrogen-bond donors (Lipinski definition) is 2. The van der Waals surface area contributed by atoms with Gasteiger partial charge in [0.25, 0.3) is 0 Å². The Hall–Kier alpha value is -3.69. The fourth-order valence-corrected chi connectivity index (χ4v) is 7.31. The van der Waals surface area contributed by atoms with E-state index in [-0.39, 0.29) is 17.2 Å². The van der Waals surface area contributed by atoms with Crippen LogP contribution in [0.25, 0.3) is 0 Å². The second-order valence-corrected chi connectivity index (χ2v) is 12.6. The van der Waals surface area contributed by atoms with E-state index in [0.717, 1.165) is 30.4 Å². The molecule has 0 saturated carbocycles. The molecule has 4 rings (SSSR count). The first kappa shape index (κ1) is 31.3. The molecule has 1 aliphatic rings. The Morgan fingerprint density at radius 3 is 1.93 bits per heavy atom. The van der Waals surface area contributed by atoms with Crippen LogP contribution in [0.2, 0.25) is 0 Å². The van der Waals surface area contributed by atoms with Gasteiger partial charge in [-0.1, -0.05) is 60.7 Å². The van der Waals surface area contributed by atoms with E-state index in [9.17, 15) is 18.0 Å². The minimum Gasteiger partial charge on any atom is -0.496 e. The molecule has 2 amide bonds. The number of aryl methyl sites for hydroxylation is 1. The Morgan fingerprint density at radius 2 is 1.38 bits per heavy atom. The molecule has 1 saturated heterocycles. The number of amides is 2. The SMILES string of the molecule is COc1cc(C)c(S(=O)(=O)N[C@@H](Cc2ccccc2)C(=O)N[C@@H](Cc2ccccc2)C(=O)N2CCCCC2)c(C)c1C. The largest absolute Gasteiger partial charge is 0.496 e. The van der Waals surface area contributed by atoms with Crippen molar-refractivity contribution in [2.75, 3.05) is 20.2 Å². The van der Waals surface area contributed by atoms with Gasteiger partial charge < -0.3 is 15.0 Å². The zero-order chi connectivity index (χ0) is 30.3. The lowest BCUT2D eigenvalue weighted by Gasteiger charge is -2.31. The van der Waals surface area contributed by atoms with E-state index in [1.54, 1.807) is 38.8 Å². The van der Waals surface area contributed by atoms with E-state index in [1.807, 2.05) is 60.7 Å². The van der Waals surface area contributed by atoms with Crippen molar-refractivity contribution < 1.29 is 22.7 Å². The van der Waals surface area contributed by atoms with Crippen LogP contribution in [0.15, 0.2) is 71.6 Å². The molecule has 0 radical (unpaired) electrons. The van der Waals surface area contributed by atoms with Gasteiger partial charge in [0, 0.05) is 19.5 Å². The summed E-state index contributed by atoms with van der Waals surface area (Å²) < 4.78 is 35.9. The molecule has 1 heterocycles. The average Bonchev–Trinajstić information content (AvgIpc) is 2.99. The number of benzene rings is 3. The highest BCUT2D eigenvalue weighted by atomic mass is 32.2. The lowest BCUT2D eigenvalue weighted by atomic mass is 10.0. The summed E-state index contributed by atoms with van der Waals surface area (Å²) in [5, 5.41) is 2.94. The number of piperidine rings is 1. The molecule has 42 heavy (non-hydrogen) atoms. The Bertz CT molecular complexity index is 1490. The first-order chi connectivity index (χ1) is 20.1. The van der Waals surface area contributed by atoms with E-state index in [0.29, 0.717) is 42.0 Å². The van der Waals surface area contributed by atoms with Crippen molar-refractivity contribution in [3.63, 3.8) is 0 Å². The summed E-state index contributed by atoms with van der Waals surface area (Å²) in [5.41, 5.74) is 3.49. The van der Waals surface area contributed by atoms with Crippen molar-refractivity contribution in [3.8, 4) is 5.75 Å². The lowest BCUT2D eigenvalue weighted by Crippen LogP contribution is -2.56. The van der Waals surface area contributed by atoms with Crippen LogP contribution < -0.4 is 14.8 Å². The van der Waals surface area contributed by atoms with Crippen molar-refractivity contribution >= 4 is 21.8 Å². The number of carbonyl (C=O) groups excluding carboxylic acids is 2. The lowest BCUT2D eigenvalue weighted by molar-refractivity contribution is -0.137. The molecule has 3 aromatic rings. The first-order valence-electron chi connectivity index (χ1n) is 14.4. The maximum absolute atomic E-state index is 14.0. The minimum absolute atomic E-state index is 0.120. The Labute approximate surface area is 249 Å². The summed E-state index contributed by atoms with van der Waals surface area (Å²) in [6, 6.07) is 18.5. The number of rotatable bonds is 11. The Kier molecular flexibility index (Phi) is 10.4. The molecule has 0 aromatic heterocycles. The molecule has 2 N–H and O–H groups in total. The van der Waals surface area contributed by atoms with Gasteiger partial charge in [-0.25, -0.2) is 8.42 Å². The van der Waals surface area contributed by atoms with Crippen LogP contribution >= 0.6 is 0 Å². The number of carbonyl (C=O) groups is 2. The van der Waals surface area contributed by atoms with Gasteiger partial charge in [0.2, 0.25) is 21.8 Å². The zero-order valence-electron chi connectivity index (χ0n) is 24.9. The van der Waals surface area contributed by atoms with E-state index in [1.165, 1.54) is 0 Å². The molecule has 3 aromatic carbocycles. The highest BCUT2D eigenvalue weighted by Gasteiger charge is 2.33. The average molecular weight is 592 g/mol. The van der Waals surface area contributed by atoms with Gasteiger partial charge in [0.05, 0.1) is 12.0 Å². The van der Waals surface area contributed by atoms with Crippen LogP contribution in [-0.2, 0) is 32.5 Å². The van der Waals surface area contributed by atoms with Crippen LogP contribution in [-0.4, -0.2) is 57.4 Å². The number of nitrogens with one attached hydrogen (secondary N) is 2. The molecule has 0 spiro atoms. The Morgan fingerprint density at radius 1 is 0.833 bits per heavy atom. The summed E-state index contributed by atoms with van der Waals surface area (Å²) in [4.78, 5) is 29.6. The predicted octanol–water partition coefficient (Wildman–Crippen LogP) is 4.25. The highest BCUT2D eigenvalue weighted by Crippen LogP contribution is 2.30.